The van der Waals surface area contributed by atoms with Crippen LogP contribution in [0, 0.1) is 0 Å². The lowest BCUT2D eigenvalue weighted by Crippen LogP contribution is -2.15. The van der Waals surface area contributed by atoms with Crippen LogP contribution in [0.25, 0.3) is 10.6 Å². The molecular formula is C16H19BrN2S. The molecule has 1 saturated carbocycles. The van der Waals surface area contributed by atoms with Crippen LogP contribution in [0.4, 0.5) is 0 Å². The van der Waals surface area contributed by atoms with E-state index in [1.807, 2.05) is 11.3 Å². The largest absolute Gasteiger partial charge is 0.309 e. The topological polar surface area (TPSA) is 24.9 Å². The SMILES string of the molecule is CCCc1nc(-c2cccc(Br)c2)sc1CNC1CC1. The van der Waals surface area contributed by atoms with Crippen molar-refractivity contribution in [3.8, 4) is 10.6 Å². The van der Waals surface area contributed by atoms with Crippen molar-refractivity contribution < 1.29 is 0 Å². The second kappa shape index (κ2) is 6.37. The molecule has 1 N–H and O–H groups in total. The summed E-state index contributed by atoms with van der Waals surface area (Å²) in [6.45, 7) is 3.20. The number of aromatic nitrogens is 1. The maximum absolute atomic E-state index is 4.87. The molecule has 0 saturated heterocycles. The number of aryl methyl sites for hydroxylation is 1. The van der Waals surface area contributed by atoms with Gasteiger partial charge in [-0.15, -0.1) is 11.3 Å². The van der Waals surface area contributed by atoms with Gasteiger partial charge in [0.15, 0.2) is 0 Å². The van der Waals surface area contributed by atoms with Gasteiger partial charge in [-0.2, -0.15) is 0 Å². The first-order valence-electron chi connectivity index (χ1n) is 7.24. The van der Waals surface area contributed by atoms with Crippen LogP contribution in [0.2, 0.25) is 0 Å². The predicted octanol–water partition coefficient (Wildman–Crippen LogP) is 4.78. The number of nitrogens with zero attached hydrogens (tertiary/aromatic N) is 1. The van der Waals surface area contributed by atoms with Crippen LogP contribution in [-0.2, 0) is 13.0 Å². The summed E-state index contributed by atoms with van der Waals surface area (Å²) in [7, 11) is 0. The summed E-state index contributed by atoms with van der Waals surface area (Å²) in [6, 6.07) is 9.16. The minimum absolute atomic E-state index is 0.751. The molecular weight excluding hydrogens is 332 g/mol. The van der Waals surface area contributed by atoms with E-state index in [1.54, 1.807) is 0 Å². The van der Waals surface area contributed by atoms with Crippen molar-refractivity contribution in [3.05, 3.63) is 39.3 Å². The number of rotatable bonds is 6. The maximum Gasteiger partial charge on any atom is 0.123 e. The molecule has 0 amide bonds. The number of halogens is 1. The van der Waals surface area contributed by atoms with Gasteiger partial charge >= 0.3 is 0 Å². The minimum atomic E-state index is 0.751. The fourth-order valence-electron chi connectivity index (χ4n) is 2.22. The second-order valence-electron chi connectivity index (χ2n) is 5.30. The smallest absolute Gasteiger partial charge is 0.123 e. The third-order valence-corrected chi connectivity index (χ3v) is 5.11. The fraction of sp³-hybridized carbons (Fsp3) is 0.438. The quantitative estimate of drug-likeness (QED) is 0.810. The van der Waals surface area contributed by atoms with Gasteiger partial charge in [0.1, 0.15) is 5.01 Å². The molecule has 4 heteroatoms. The third-order valence-electron chi connectivity index (χ3n) is 3.47. The summed E-state index contributed by atoms with van der Waals surface area (Å²) in [6.07, 6.45) is 4.89. The Kier molecular flexibility index (Phi) is 4.54. The van der Waals surface area contributed by atoms with E-state index in [0.717, 1.165) is 34.9 Å². The summed E-state index contributed by atoms with van der Waals surface area (Å²) in [5, 5.41) is 4.75. The van der Waals surface area contributed by atoms with E-state index in [0.29, 0.717) is 0 Å². The number of benzene rings is 1. The third kappa shape index (κ3) is 3.48. The second-order valence-corrected chi connectivity index (χ2v) is 7.30. The van der Waals surface area contributed by atoms with E-state index < -0.39 is 0 Å². The lowest BCUT2D eigenvalue weighted by molar-refractivity contribution is 0.686. The lowest BCUT2D eigenvalue weighted by Gasteiger charge is -2.01. The Morgan fingerprint density at radius 3 is 2.95 bits per heavy atom. The number of hydrogen-bond acceptors (Lipinski definition) is 3. The highest BCUT2D eigenvalue weighted by atomic mass is 79.9. The average Bonchev–Trinajstić information content (AvgIpc) is 3.18. The van der Waals surface area contributed by atoms with E-state index >= 15 is 0 Å². The van der Waals surface area contributed by atoms with Crippen LogP contribution in [-0.4, -0.2) is 11.0 Å². The Hall–Kier alpha value is -0.710. The Morgan fingerprint density at radius 2 is 2.25 bits per heavy atom. The number of hydrogen-bond donors (Lipinski definition) is 1. The Morgan fingerprint density at radius 1 is 1.40 bits per heavy atom. The molecule has 1 aliphatic carbocycles. The molecule has 1 heterocycles. The minimum Gasteiger partial charge on any atom is -0.309 e. The van der Waals surface area contributed by atoms with Crippen molar-refractivity contribution in [3.63, 3.8) is 0 Å². The van der Waals surface area contributed by atoms with Crippen LogP contribution < -0.4 is 5.32 Å². The lowest BCUT2D eigenvalue weighted by atomic mass is 10.2. The molecule has 0 bridgehead atoms. The first kappa shape index (κ1) is 14.2. The molecule has 2 aromatic rings. The zero-order valence-electron chi connectivity index (χ0n) is 11.7. The van der Waals surface area contributed by atoms with Gasteiger partial charge in [0.05, 0.1) is 5.69 Å². The Balaban J connectivity index is 1.84. The molecule has 3 rings (SSSR count). The van der Waals surface area contributed by atoms with Crippen molar-refractivity contribution >= 4 is 27.3 Å². The molecule has 20 heavy (non-hydrogen) atoms. The molecule has 1 aromatic carbocycles. The van der Waals surface area contributed by atoms with Gasteiger partial charge in [-0.25, -0.2) is 4.98 Å². The molecule has 1 aliphatic rings. The molecule has 0 spiro atoms. The van der Waals surface area contributed by atoms with Crippen molar-refractivity contribution in [2.75, 3.05) is 0 Å². The van der Waals surface area contributed by atoms with E-state index in [1.165, 1.54) is 29.0 Å². The molecule has 1 aromatic heterocycles. The van der Waals surface area contributed by atoms with Crippen LogP contribution in [0.1, 0.15) is 36.8 Å². The van der Waals surface area contributed by atoms with E-state index in [9.17, 15) is 0 Å². The normalized spacial score (nSPS) is 14.7. The van der Waals surface area contributed by atoms with Crippen molar-refractivity contribution in [2.45, 2.75) is 45.2 Å². The van der Waals surface area contributed by atoms with Gasteiger partial charge < -0.3 is 5.32 Å². The monoisotopic (exact) mass is 350 g/mol. The van der Waals surface area contributed by atoms with E-state index in [4.69, 9.17) is 4.98 Å². The summed E-state index contributed by atoms with van der Waals surface area (Å²) < 4.78 is 1.11. The van der Waals surface area contributed by atoms with Gasteiger partial charge in [-0.3, -0.25) is 0 Å². The number of thiazole rings is 1. The van der Waals surface area contributed by atoms with Crippen molar-refractivity contribution in [2.24, 2.45) is 0 Å². The van der Waals surface area contributed by atoms with Crippen molar-refractivity contribution in [1.82, 2.24) is 10.3 Å². The van der Waals surface area contributed by atoms with E-state index in [-0.39, 0.29) is 0 Å². The highest BCUT2D eigenvalue weighted by Gasteiger charge is 2.21. The molecule has 0 atom stereocenters. The molecule has 0 aliphatic heterocycles. The van der Waals surface area contributed by atoms with Gasteiger partial charge in [-0.1, -0.05) is 41.4 Å². The molecule has 0 radical (unpaired) electrons. The molecule has 2 nitrogen and oxygen atoms in total. The maximum atomic E-state index is 4.87. The van der Waals surface area contributed by atoms with Crippen LogP contribution in [0.5, 0.6) is 0 Å². The molecule has 0 unspecified atom stereocenters. The summed E-state index contributed by atoms with van der Waals surface area (Å²) >= 11 is 5.37. The first-order valence-corrected chi connectivity index (χ1v) is 8.85. The molecule has 106 valence electrons. The van der Waals surface area contributed by atoms with Crippen molar-refractivity contribution in [1.29, 1.82) is 0 Å². The van der Waals surface area contributed by atoms with Crippen LogP contribution in [0.15, 0.2) is 28.7 Å². The highest BCUT2D eigenvalue weighted by Crippen LogP contribution is 2.31. The van der Waals surface area contributed by atoms with Crippen LogP contribution >= 0.6 is 27.3 Å². The van der Waals surface area contributed by atoms with E-state index in [2.05, 4.69) is 52.4 Å². The van der Waals surface area contributed by atoms with Gasteiger partial charge in [0.2, 0.25) is 0 Å². The summed E-state index contributed by atoms with van der Waals surface area (Å²) in [5.74, 6) is 0. The first-order chi connectivity index (χ1) is 9.76. The number of nitrogens with one attached hydrogen (secondary N) is 1. The standard InChI is InChI=1S/C16H19BrN2S/c1-2-4-14-15(10-18-13-7-8-13)20-16(19-14)11-5-3-6-12(17)9-11/h3,5-6,9,13,18H,2,4,7-8,10H2,1H3. The summed E-state index contributed by atoms with van der Waals surface area (Å²) in [5.41, 5.74) is 2.49. The van der Waals surface area contributed by atoms with Crippen LogP contribution in [0.3, 0.4) is 0 Å². The Labute approximate surface area is 132 Å². The zero-order chi connectivity index (χ0) is 13.9. The average molecular weight is 351 g/mol. The Bertz CT molecular complexity index is 590. The van der Waals surface area contributed by atoms with Gasteiger partial charge in [0, 0.05) is 27.5 Å². The fourth-order valence-corrected chi connectivity index (χ4v) is 3.68. The van der Waals surface area contributed by atoms with Gasteiger partial charge in [-0.05, 0) is 31.4 Å². The zero-order valence-corrected chi connectivity index (χ0v) is 14.1. The molecule has 1 fully saturated rings. The summed E-state index contributed by atoms with van der Waals surface area (Å²) in [4.78, 5) is 6.28. The highest BCUT2D eigenvalue weighted by molar-refractivity contribution is 9.10. The van der Waals surface area contributed by atoms with Gasteiger partial charge in [0.25, 0.3) is 0 Å². The predicted molar refractivity (Wildman–Crippen MR) is 89.1 cm³/mol.